The van der Waals surface area contributed by atoms with Gasteiger partial charge in [-0.3, -0.25) is 0 Å². The molecule has 15 heavy (non-hydrogen) atoms. The van der Waals surface area contributed by atoms with E-state index in [2.05, 4.69) is 52.0 Å². The van der Waals surface area contributed by atoms with E-state index >= 15 is 0 Å². The van der Waals surface area contributed by atoms with Gasteiger partial charge in [0, 0.05) is 9.58 Å². The molecule has 0 spiro atoms. The van der Waals surface area contributed by atoms with Gasteiger partial charge in [-0.25, -0.2) is 0 Å². The molecule has 0 amide bonds. The molecule has 0 aliphatic heterocycles. The van der Waals surface area contributed by atoms with E-state index in [1.807, 2.05) is 11.3 Å². The molecule has 0 fully saturated rings. The zero-order chi connectivity index (χ0) is 11.1. The first-order valence-electron chi connectivity index (χ1n) is 5.55. The van der Waals surface area contributed by atoms with Crippen molar-refractivity contribution in [1.82, 2.24) is 0 Å². The van der Waals surface area contributed by atoms with Gasteiger partial charge in [0.05, 0.1) is 0 Å². The first-order chi connectivity index (χ1) is 7.04. The summed E-state index contributed by atoms with van der Waals surface area (Å²) in [6.07, 6.45) is 1.14. The lowest BCUT2D eigenvalue weighted by Crippen LogP contribution is -2.12. The lowest BCUT2D eigenvalue weighted by Gasteiger charge is -2.20. The summed E-state index contributed by atoms with van der Waals surface area (Å²) in [7, 11) is 0. The number of rotatable bonds is 1. The van der Waals surface area contributed by atoms with Crippen molar-refractivity contribution in [2.75, 3.05) is 0 Å². The molecule has 0 saturated heterocycles. The Morgan fingerprint density at radius 1 is 1.13 bits per heavy atom. The summed E-state index contributed by atoms with van der Waals surface area (Å²) in [6.45, 7) is 9.17. The molecule has 80 valence electrons. The van der Waals surface area contributed by atoms with Gasteiger partial charge in [0.25, 0.3) is 0 Å². The molecule has 0 aliphatic carbocycles. The van der Waals surface area contributed by atoms with Gasteiger partial charge in [0.2, 0.25) is 0 Å². The van der Waals surface area contributed by atoms with E-state index in [9.17, 15) is 0 Å². The van der Waals surface area contributed by atoms with Gasteiger partial charge in [-0.15, -0.1) is 11.3 Å². The van der Waals surface area contributed by atoms with Gasteiger partial charge in [0.1, 0.15) is 0 Å². The molecule has 2 rings (SSSR count). The second-order valence-electron chi connectivity index (χ2n) is 5.00. The quantitative estimate of drug-likeness (QED) is 0.647. The molecule has 0 unspecified atom stereocenters. The van der Waals surface area contributed by atoms with E-state index < -0.39 is 0 Å². The van der Waals surface area contributed by atoms with Crippen LogP contribution in [-0.2, 0) is 11.8 Å². The maximum Gasteiger partial charge on any atom is 0.0348 e. The highest BCUT2D eigenvalue weighted by Gasteiger charge is 2.22. The summed E-state index contributed by atoms with van der Waals surface area (Å²) in [4.78, 5) is 1.55. The van der Waals surface area contributed by atoms with Crippen LogP contribution in [0.4, 0.5) is 0 Å². The number of thiophene rings is 1. The third-order valence-corrected chi connectivity index (χ3v) is 4.05. The van der Waals surface area contributed by atoms with Gasteiger partial charge in [-0.1, -0.05) is 45.9 Å². The predicted octanol–water partition coefficient (Wildman–Crippen LogP) is 4.76. The van der Waals surface area contributed by atoms with E-state index in [0.29, 0.717) is 0 Å². The van der Waals surface area contributed by atoms with Crippen LogP contribution in [-0.4, -0.2) is 0 Å². The fraction of sp³-hybridized carbons (Fsp3) is 0.429. The minimum Gasteiger partial charge on any atom is -0.140 e. The molecular weight excluding hydrogens is 200 g/mol. The molecule has 1 heteroatoms. The normalized spacial score (nSPS) is 12.3. The van der Waals surface area contributed by atoms with Crippen LogP contribution in [0.25, 0.3) is 10.1 Å². The van der Waals surface area contributed by atoms with Crippen LogP contribution in [0.1, 0.15) is 38.1 Å². The van der Waals surface area contributed by atoms with Crippen molar-refractivity contribution in [2.45, 2.75) is 39.5 Å². The fourth-order valence-electron chi connectivity index (χ4n) is 2.17. The number of fused-ring (bicyclic) bond motifs is 1. The summed E-state index contributed by atoms with van der Waals surface area (Å²) in [5, 5.41) is 1.45. The van der Waals surface area contributed by atoms with Crippen molar-refractivity contribution >= 4 is 21.4 Å². The molecular formula is C14H18S. The second kappa shape index (κ2) is 3.64. The number of benzene rings is 1. The maximum atomic E-state index is 2.31. The Bertz CT molecular complexity index is 472. The average Bonchev–Trinajstić information content (AvgIpc) is 2.54. The third kappa shape index (κ3) is 1.81. The van der Waals surface area contributed by atoms with Crippen LogP contribution in [0.5, 0.6) is 0 Å². The van der Waals surface area contributed by atoms with Crippen LogP contribution in [0, 0.1) is 0 Å². The van der Waals surface area contributed by atoms with E-state index in [4.69, 9.17) is 0 Å². The second-order valence-corrected chi connectivity index (χ2v) is 6.14. The Hall–Kier alpha value is -0.820. The molecule has 1 aromatic heterocycles. The Kier molecular flexibility index (Phi) is 2.59. The summed E-state index contributed by atoms with van der Waals surface area (Å²) >= 11 is 1.95. The number of hydrogen-bond donors (Lipinski definition) is 0. The van der Waals surface area contributed by atoms with Crippen LogP contribution in [0.3, 0.4) is 0 Å². The van der Waals surface area contributed by atoms with Crippen molar-refractivity contribution < 1.29 is 0 Å². The summed E-state index contributed by atoms with van der Waals surface area (Å²) in [6, 6.07) is 8.76. The van der Waals surface area contributed by atoms with Crippen molar-refractivity contribution in [3.8, 4) is 0 Å². The zero-order valence-electron chi connectivity index (χ0n) is 9.92. The average molecular weight is 218 g/mol. The van der Waals surface area contributed by atoms with Crippen LogP contribution >= 0.6 is 11.3 Å². The molecule has 0 saturated carbocycles. The van der Waals surface area contributed by atoms with E-state index in [0.717, 1.165) is 6.42 Å². The largest absolute Gasteiger partial charge is 0.140 e. The van der Waals surface area contributed by atoms with Gasteiger partial charge >= 0.3 is 0 Å². The van der Waals surface area contributed by atoms with Crippen LogP contribution in [0.15, 0.2) is 24.3 Å². The van der Waals surface area contributed by atoms with Gasteiger partial charge in [-0.05, 0) is 28.9 Å². The molecule has 1 heterocycles. The smallest absolute Gasteiger partial charge is 0.0348 e. The van der Waals surface area contributed by atoms with E-state index in [-0.39, 0.29) is 5.41 Å². The van der Waals surface area contributed by atoms with Crippen molar-refractivity contribution in [3.05, 3.63) is 34.7 Å². The Labute approximate surface area is 95.9 Å². The van der Waals surface area contributed by atoms with E-state index in [1.165, 1.54) is 10.1 Å². The van der Waals surface area contributed by atoms with Crippen molar-refractivity contribution in [3.63, 3.8) is 0 Å². The maximum absolute atomic E-state index is 2.31. The van der Waals surface area contributed by atoms with Crippen molar-refractivity contribution in [2.24, 2.45) is 0 Å². The number of aryl methyl sites for hydroxylation is 1. The van der Waals surface area contributed by atoms with Crippen LogP contribution < -0.4 is 0 Å². The Balaban J connectivity index is 2.79. The first-order valence-corrected chi connectivity index (χ1v) is 6.36. The zero-order valence-corrected chi connectivity index (χ0v) is 10.7. The SMILES string of the molecule is CCc1sc2ccccc2c1C(C)(C)C. The molecule has 0 atom stereocenters. The number of hydrogen-bond acceptors (Lipinski definition) is 1. The Morgan fingerprint density at radius 3 is 2.40 bits per heavy atom. The van der Waals surface area contributed by atoms with Crippen LogP contribution in [0.2, 0.25) is 0 Å². The van der Waals surface area contributed by atoms with Gasteiger partial charge < -0.3 is 0 Å². The lowest BCUT2D eigenvalue weighted by atomic mass is 9.84. The molecule has 1 aromatic carbocycles. The van der Waals surface area contributed by atoms with Gasteiger partial charge in [-0.2, -0.15) is 0 Å². The first kappa shape index (κ1) is 10.7. The van der Waals surface area contributed by atoms with Gasteiger partial charge in [0.15, 0.2) is 0 Å². The lowest BCUT2D eigenvalue weighted by molar-refractivity contribution is 0.592. The molecule has 0 bridgehead atoms. The summed E-state index contributed by atoms with van der Waals surface area (Å²) < 4.78 is 1.43. The predicted molar refractivity (Wildman–Crippen MR) is 69.9 cm³/mol. The molecule has 0 N–H and O–H groups in total. The molecule has 0 nitrogen and oxygen atoms in total. The highest BCUT2D eigenvalue weighted by atomic mass is 32.1. The third-order valence-electron chi connectivity index (χ3n) is 2.74. The fourth-order valence-corrected chi connectivity index (χ4v) is 3.52. The highest BCUT2D eigenvalue weighted by Crippen LogP contribution is 2.39. The Morgan fingerprint density at radius 2 is 1.80 bits per heavy atom. The van der Waals surface area contributed by atoms with Crippen molar-refractivity contribution in [1.29, 1.82) is 0 Å². The molecule has 2 aromatic rings. The molecule has 0 radical (unpaired) electrons. The standard InChI is InChI=1S/C14H18S/c1-5-11-13(14(2,3)4)10-8-6-7-9-12(10)15-11/h6-9H,5H2,1-4H3. The minimum absolute atomic E-state index is 0.255. The topological polar surface area (TPSA) is 0 Å². The summed E-state index contributed by atoms with van der Waals surface area (Å²) in [5.41, 5.74) is 1.80. The minimum atomic E-state index is 0.255. The summed E-state index contributed by atoms with van der Waals surface area (Å²) in [5.74, 6) is 0. The molecule has 0 aliphatic rings. The van der Waals surface area contributed by atoms with E-state index in [1.54, 1.807) is 10.4 Å². The monoisotopic (exact) mass is 218 g/mol. The highest BCUT2D eigenvalue weighted by molar-refractivity contribution is 7.19.